The second kappa shape index (κ2) is 7.05. The molecule has 0 heterocycles. The van der Waals surface area contributed by atoms with E-state index in [-0.39, 0.29) is 15.5 Å². The molecule has 10 heteroatoms. The molecule has 0 saturated carbocycles. The lowest BCUT2D eigenvalue weighted by Crippen LogP contribution is -2.14. The average molecular weight is 382 g/mol. The third kappa shape index (κ3) is 5.14. The molecule has 4 N–H and O–H groups in total. The summed E-state index contributed by atoms with van der Waals surface area (Å²) >= 11 is 0. The Labute approximate surface area is 144 Å². The number of benzene rings is 2. The molecule has 0 spiro atoms. The van der Waals surface area contributed by atoms with Crippen LogP contribution in [-0.2, 0) is 24.8 Å². The fourth-order valence-electron chi connectivity index (χ4n) is 1.88. The number of hydrogen-bond donors (Lipinski definition) is 3. The van der Waals surface area contributed by atoms with Gasteiger partial charge in [-0.25, -0.2) is 26.8 Å². The molecule has 0 unspecified atom stereocenters. The summed E-state index contributed by atoms with van der Waals surface area (Å²) in [6.07, 6.45) is 2.16. The topological polar surface area (TPSA) is 144 Å². The lowest BCUT2D eigenvalue weighted by Gasteiger charge is -2.09. The van der Waals surface area contributed by atoms with Crippen LogP contribution in [0.2, 0.25) is 0 Å². The van der Waals surface area contributed by atoms with Crippen molar-refractivity contribution in [2.24, 2.45) is 5.14 Å². The van der Waals surface area contributed by atoms with Crippen LogP contribution in [0.25, 0.3) is 6.08 Å². The van der Waals surface area contributed by atoms with Gasteiger partial charge in [0.15, 0.2) is 0 Å². The number of hydrogen-bond acceptors (Lipinski definition) is 5. The van der Waals surface area contributed by atoms with Crippen molar-refractivity contribution >= 4 is 37.8 Å². The van der Waals surface area contributed by atoms with Gasteiger partial charge in [-0.05, 0) is 48.0 Å². The third-order valence-corrected chi connectivity index (χ3v) is 5.33. The summed E-state index contributed by atoms with van der Waals surface area (Å²) in [5.41, 5.74) is 0.550. The number of sulfonamides is 2. The van der Waals surface area contributed by atoms with E-state index in [9.17, 15) is 21.6 Å². The van der Waals surface area contributed by atoms with Gasteiger partial charge in [0.2, 0.25) is 10.0 Å². The predicted molar refractivity (Wildman–Crippen MR) is 91.7 cm³/mol. The summed E-state index contributed by atoms with van der Waals surface area (Å²) in [6.45, 7) is 0. The smallest absolute Gasteiger partial charge is 0.328 e. The molecule has 8 nitrogen and oxygen atoms in total. The molecule has 132 valence electrons. The molecule has 2 aromatic rings. The van der Waals surface area contributed by atoms with Crippen LogP contribution in [0.5, 0.6) is 0 Å². The zero-order valence-corrected chi connectivity index (χ0v) is 14.3. The van der Waals surface area contributed by atoms with Crippen molar-refractivity contribution in [3.8, 4) is 0 Å². The minimum Gasteiger partial charge on any atom is -0.478 e. The summed E-state index contributed by atoms with van der Waals surface area (Å²) < 4.78 is 49.4. The first kappa shape index (κ1) is 18.6. The van der Waals surface area contributed by atoms with Gasteiger partial charge in [-0.1, -0.05) is 12.1 Å². The van der Waals surface area contributed by atoms with E-state index in [1.165, 1.54) is 48.5 Å². The van der Waals surface area contributed by atoms with E-state index >= 15 is 0 Å². The highest BCUT2D eigenvalue weighted by molar-refractivity contribution is 7.92. The largest absolute Gasteiger partial charge is 0.478 e. The average Bonchev–Trinajstić information content (AvgIpc) is 2.52. The molecule has 0 aromatic heterocycles. The van der Waals surface area contributed by atoms with Crippen molar-refractivity contribution in [2.75, 3.05) is 4.72 Å². The van der Waals surface area contributed by atoms with E-state index < -0.39 is 26.0 Å². The standard InChI is InChI=1S/C15H14N2O6S2/c16-24(20,21)13-7-5-12(6-8-13)17-25(22,23)14-3-1-2-11(10-14)4-9-15(18)19/h1-10,17H,(H,18,19)(H2,16,20,21). The summed E-state index contributed by atoms with van der Waals surface area (Å²) in [5, 5.41) is 13.6. The number of nitrogens with two attached hydrogens (primary N) is 1. The summed E-state index contributed by atoms with van der Waals surface area (Å²) in [4.78, 5) is 10.3. The number of carbonyl (C=O) groups is 1. The van der Waals surface area contributed by atoms with Crippen LogP contribution >= 0.6 is 0 Å². The molecule has 0 saturated heterocycles. The zero-order chi connectivity index (χ0) is 18.7. The van der Waals surface area contributed by atoms with E-state index in [1.54, 1.807) is 6.07 Å². The Morgan fingerprint density at radius 1 is 1.00 bits per heavy atom. The third-order valence-electron chi connectivity index (χ3n) is 3.02. The quantitative estimate of drug-likeness (QED) is 0.641. The SMILES string of the molecule is NS(=O)(=O)c1ccc(NS(=O)(=O)c2cccc(C=CC(=O)O)c2)cc1. The Morgan fingerprint density at radius 3 is 2.20 bits per heavy atom. The van der Waals surface area contributed by atoms with Gasteiger partial charge in [0.25, 0.3) is 10.0 Å². The van der Waals surface area contributed by atoms with Crippen LogP contribution in [0.4, 0.5) is 5.69 Å². The van der Waals surface area contributed by atoms with Crippen LogP contribution in [-0.4, -0.2) is 27.9 Å². The number of carboxylic acid groups (broad SMARTS) is 1. The highest BCUT2D eigenvalue weighted by Gasteiger charge is 2.15. The first-order valence-electron chi connectivity index (χ1n) is 6.75. The molecule has 2 rings (SSSR count). The number of carboxylic acids is 1. The van der Waals surface area contributed by atoms with Gasteiger partial charge in [0.1, 0.15) is 0 Å². The molecule has 25 heavy (non-hydrogen) atoms. The normalized spacial score (nSPS) is 12.2. The minimum atomic E-state index is -3.93. The van der Waals surface area contributed by atoms with Crippen molar-refractivity contribution in [3.63, 3.8) is 0 Å². The highest BCUT2D eigenvalue weighted by atomic mass is 32.2. The van der Waals surface area contributed by atoms with Crippen molar-refractivity contribution in [3.05, 3.63) is 60.2 Å². The van der Waals surface area contributed by atoms with Crippen molar-refractivity contribution in [2.45, 2.75) is 9.79 Å². The second-order valence-electron chi connectivity index (χ2n) is 4.92. The lowest BCUT2D eigenvalue weighted by molar-refractivity contribution is -0.131. The Morgan fingerprint density at radius 2 is 1.64 bits per heavy atom. The Bertz CT molecular complexity index is 1030. The molecular formula is C15H14N2O6S2. The number of nitrogens with one attached hydrogen (secondary N) is 1. The molecular weight excluding hydrogens is 368 g/mol. The fraction of sp³-hybridized carbons (Fsp3) is 0. The van der Waals surface area contributed by atoms with Gasteiger partial charge < -0.3 is 5.11 Å². The number of primary sulfonamides is 1. The van der Waals surface area contributed by atoms with Crippen molar-refractivity contribution < 1.29 is 26.7 Å². The van der Waals surface area contributed by atoms with Crippen molar-refractivity contribution in [1.82, 2.24) is 0 Å². The Balaban J connectivity index is 2.27. The lowest BCUT2D eigenvalue weighted by atomic mass is 10.2. The van der Waals surface area contributed by atoms with Crippen molar-refractivity contribution in [1.29, 1.82) is 0 Å². The number of rotatable bonds is 6. The first-order valence-corrected chi connectivity index (χ1v) is 9.78. The van der Waals surface area contributed by atoms with E-state index in [0.717, 1.165) is 6.08 Å². The van der Waals surface area contributed by atoms with Crippen LogP contribution in [0.3, 0.4) is 0 Å². The molecule has 0 radical (unpaired) electrons. The predicted octanol–water partition coefficient (Wildman–Crippen LogP) is 1.23. The summed E-state index contributed by atoms with van der Waals surface area (Å²) in [5.74, 6) is -1.15. The Kier molecular flexibility index (Phi) is 5.26. The fourth-order valence-corrected chi connectivity index (χ4v) is 3.51. The molecule has 0 bridgehead atoms. The maximum Gasteiger partial charge on any atom is 0.328 e. The molecule has 0 aliphatic rings. The molecule has 0 atom stereocenters. The number of aliphatic carboxylic acids is 1. The monoisotopic (exact) mass is 382 g/mol. The molecule has 2 aromatic carbocycles. The van der Waals surface area contributed by atoms with Crippen LogP contribution in [0.15, 0.2) is 64.4 Å². The highest BCUT2D eigenvalue weighted by Crippen LogP contribution is 2.19. The van der Waals surface area contributed by atoms with E-state index in [0.29, 0.717) is 5.56 Å². The van der Waals surface area contributed by atoms with Gasteiger partial charge in [0.05, 0.1) is 9.79 Å². The van der Waals surface area contributed by atoms with Crippen LogP contribution in [0, 0.1) is 0 Å². The van der Waals surface area contributed by atoms with E-state index in [4.69, 9.17) is 10.2 Å². The van der Waals surface area contributed by atoms with Gasteiger partial charge >= 0.3 is 5.97 Å². The zero-order valence-electron chi connectivity index (χ0n) is 12.7. The first-order chi connectivity index (χ1) is 11.6. The van der Waals surface area contributed by atoms with Crippen LogP contribution in [0.1, 0.15) is 5.56 Å². The molecule has 0 fully saturated rings. The Hall–Kier alpha value is -2.69. The minimum absolute atomic E-state index is 0.0736. The summed E-state index contributed by atoms with van der Waals surface area (Å²) in [6, 6.07) is 10.6. The number of anilines is 1. The van der Waals surface area contributed by atoms with E-state index in [2.05, 4.69) is 4.72 Å². The summed E-state index contributed by atoms with van der Waals surface area (Å²) in [7, 11) is -7.80. The van der Waals surface area contributed by atoms with Gasteiger partial charge in [0, 0.05) is 11.8 Å². The van der Waals surface area contributed by atoms with Crippen LogP contribution < -0.4 is 9.86 Å². The molecule has 0 amide bonds. The maximum atomic E-state index is 12.4. The second-order valence-corrected chi connectivity index (χ2v) is 8.16. The van der Waals surface area contributed by atoms with Gasteiger partial charge in [-0.15, -0.1) is 0 Å². The molecule has 0 aliphatic heterocycles. The van der Waals surface area contributed by atoms with Gasteiger partial charge in [-0.2, -0.15) is 0 Å². The van der Waals surface area contributed by atoms with Gasteiger partial charge in [-0.3, -0.25) is 4.72 Å². The molecule has 0 aliphatic carbocycles. The van der Waals surface area contributed by atoms with E-state index in [1.807, 2.05) is 0 Å². The maximum absolute atomic E-state index is 12.4.